The van der Waals surface area contributed by atoms with Crippen LogP contribution in [-0.4, -0.2) is 16.7 Å². The SMILES string of the molecule is Cc1cccc(C(=O)N/N=C\c2cn(Cc3cccc4ccccc34)c3ccccc23)c1. The molecule has 0 aliphatic rings. The lowest BCUT2D eigenvalue weighted by Crippen LogP contribution is -2.17. The number of hydrogen-bond acceptors (Lipinski definition) is 2. The summed E-state index contributed by atoms with van der Waals surface area (Å²) in [5.41, 5.74) is 7.64. The van der Waals surface area contributed by atoms with E-state index < -0.39 is 0 Å². The van der Waals surface area contributed by atoms with Crippen molar-refractivity contribution in [1.82, 2.24) is 9.99 Å². The van der Waals surface area contributed by atoms with Crippen molar-refractivity contribution in [1.29, 1.82) is 0 Å². The Kier molecular flexibility index (Phi) is 5.26. The molecule has 5 rings (SSSR count). The number of nitrogens with one attached hydrogen (secondary N) is 1. The molecule has 1 aromatic heterocycles. The van der Waals surface area contributed by atoms with Gasteiger partial charge in [-0.05, 0) is 41.5 Å². The van der Waals surface area contributed by atoms with Crippen molar-refractivity contribution in [3.8, 4) is 0 Å². The average molecular weight is 418 g/mol. The predicted molar refractivity (Wildman–Crippen MR) is 131 cm³/mol. The van der Waals surface area contributed by atoms with Crippen LogP contribution < -0.4 is 5.43 Å². The normalized spacial score (nSPS) is 11.4. The number of carbonyl (C=O) groups is 1. The van der Waals surface area contributed by atoms with Gasteiger partial charge in [-0.1, -0.05) is 78.4 Å². The molecule has 0 unspecified atom stereocenters. The predicted octanol–water partition coefficient (Wildman–Crippen LogP) is 5.92. The van der Waals surface area contributed by atoms with Crippen LogP contribution in [0.5, 0.6) is 0 Å². The molecule has 0 aliphatic carbocycles. The smallest absolute Gasteiger partial charge is 0.271 e. The first-order valence-electron chi connectivity index (χ1n) is 10.6. The summed E-state index contributed by atoms with van der Waals surface area (Å²) in [6.45, 7) is 2.72. The Bertz CT molecular complexity index is 1460. The second kappa shape index (κ2) is 8.52. The van der Waals surface area contributed by atoms with Gasteiger partial charge in [0, 0.05) is 34.8 Å². The van der Waals surface area contributed by atoms with Crippen LogP contribution in [0.3, 0.4) is 0 Å². The lowest BCUT2D eigenvalue weighted by atomic mass is 10.0. The monoisotopic (exact) mass is 417 g/mol. The van der Waals surface area contributed by atoms with E-state index in [0.717, 1.165) is 28.6 Å². The molecule has 0 fully saturated rings. The van der Waals surface area contributed by atoms with E-state index in [2.05, 4.69) is 75.9 Å². The number of hydrogen-bond donors (Lipinski definition) is 1. The van der Waals surface area contributed by atoms with Crippen LogP contribution in [0, 0.1) is 6.92 Å². The molecule has 0 atom stereocenters. The Balaban J connectivity index is 1.44. The molecule has 0 radical (unpaired) electrons. The zero-order valence-corrected chi connectivity index (χ0v) is 17.8. The van der Waals surface area contributed by atoms with Crippen molar-refractivity contribution in [2.75, 3.05) is 0 Å². The molecule has 0 aliphatic heterocycles. The Labute approximate surface area is 186 Å². The summed E-state index contributed by atoms with van der Waals surface area (Å²) < 4.78 is 2.24. The molecule has 156 valence electrons. The first kappa shape index (κ1) is 19.8. The van der Waals surface area contributed by atoms with Gasteiger partial charge in [0.05, 0.1) is 6.21 Å². The van der Waals surface area contributed by atoms with Crippen molar-refractivity contribution in [2.24, 2.45) is 5.10 Å². The van der Waals surface area contributed by atoms with E-state index in [1.54, 1.807) is 12.3 Å². The highest BCUT2D eigenvalue weighted by Gasteiger charge is 2.09. The maximum atomic E-state index is 12.4. The Hall–Kier alpha value is -4.18. The van der Waals surface area contributed by atoms with Gasteiger partial charge in [-0.25, -0.2) is 5.43 Å². The van der Waals surface area contributed by atoms with Crippen LogP contribution in [-0.2, 0) is 6.54 Å². The molecule has 0 saturated heterocycles. The van der Waals surface area contributed by atoms with Crippen LogP contribution in [0.2, 0.25) is 0 Å². The second-order valence-electron chi connectivity index (χ2n) is 7.94. The average Bonchev–Trinajstić information content (AvgIpc) is 3.17. The Morgan fingerprint density at radius 3 is 2.53 bits per heavy atom. The minimum atomic E-state index is -0.218. The molecule has 32 heavy (non-hydrogen) atoms. The molecular formula is C28H23N3O. The van der Waals surface area contributed by atoms with Gasteiger partial charge >= 0.3 is 0 Å². The number of para-hydroxylation sites is 1. The van der Waals surface area contributed by atoms with Crippen molar-refractivity contribution in [2.45, 2.75) is 13.5 Å². The van der Waals surface area contributed by atoms with Crippen molar-refractivity contribution < 1.29 is 4.79 Å². The summed E-state index contributed by atoms with van der Waals surface area (Å²) in [5.74, 6) is -0.218. The Morgan fingerprint density at radius 2 is 1.66 bits per heavy atom. The number of carbonyl (C=O) groups excluding carboxylic acids is 1. The maximum absolute atomic E-state index is 12.4. The first-order valence-corrected chi connectivity index (χ1v) is 10.6. The highest BCUT2D eigenvalue weighted by molar-refractivity contribution is 6.00. The minimum absolute atomic E-state index is 0.218. The van der Waals surface area contributed by atoms with E-state index in [1.165, 1.54) is 16.3 Å². The quantitative estimate of drug-likeness (QED) is 0.280. The van der Waals surface area contributed by atoms with Gasteiger partial charge in [-0.15, -0.1) is 0 Å². The van der Waals surface area contributed by atoms with Crippen LogP contribution in [0.1, 0.15) is 27.0 Å². The highest BCUT2D eigenvalue weighted by atomic mass is 16.2. The number of aryl methyl sites for hydroxylation is 1. The zero-order valence-electron chi connectivity index (χ0n) is 17.8. The third-order valence-corrected chi connectivity index (χ3v) is 5.69. The molecule has 0 saturated carbocycles. The van der Waals surface area contributed by atoms with Gasteiger partial charge < -0.3 is 4.57 Å². The summed E-state index contributed by atoms with van der Waals surface area (Å²) in [7, 11) is 0. The van der Waals surface area contributed by atoms with Crippen molar-refractivity contribution in [3.63, 3.8) is 0 Å². The zero-order chi connectivity index (χ0) is 21.9. The van der Waals surface area contributed by atoms with Gasteiger partial charge in [0.2, 0.25) is 0 Å². The molecule has 5 aromatic rings. The largest absolute Gasteiger partial charge is 0.342 e. The van der Waals surface area contributed by atoms with E-state index in [9.17, 15) is 4.79 Å². The summed E-state index contributed by atoms with van der Waals surface area (Å²) in [4.78, 5) is 12.4. The minimum Gasteiger partial charge on any atom is -0.342 e. The Morgan fingerprint density at radius 1 is 0.906 bits per heavy atom. The molecule has 1 N–H and O–H groups in total. The molecule has 1 heterocycles. The molecule has 0 spiro atoms. The number of hydrazone groups is 1. The lowest BCUT2D eigenvalue weighted by molar-refractivity contribution is 0.0955. The number of amides is 1. The number of rotatable bonds is 5. The number of nitrogens with zero attached hydrogens (tertiary/aromatic N) is 2. The van der Waals surface area contributed by atoms with Crippen LogP contribution in [0.4, 0.5) is 0 Å². The van der Waals surface area contributed by atoms with Gasteiger partial charge in [0.15, 0.2) is 0 Å². The molecule has 4 aromatic carbocycles. The van der Waals surface area contributed by atoms with E-state index in [1.807, 2.05) is 37.3 Å². The van der Waals surface area contributed by atoms with E-state index in [-0.39, 0.29) is 5.91 Å². The van der Waals surface area contributed by atoms with Gasteiger partial charge in [-0.2, -0.15) is 5.10 Å². The second-order valence-corrected chi connectivity index (χ2v) is 7.94. The number of benzene rings is 4. The third-order valence-electron chi connectivity index (χ3n) is 5.69. The third kappa shape index (κ3) is 3.91. The van der Waals surface area contributed by atoms with Gasteiger partial charge in [0.1, 0.15) is 0 Å². The fourth-order valence-electron chi connectivity index (χ4n) is 4.13. The van der Waals surface area contributed by atoms with Crippen molar-refractivity contribution in [3.05, 3.63) is 119 Å². The fourth-order valence-corrected chi connectivity index (χ4v) is 4.13. The number of fused-ring (bicyclic) bond motifs is 2. The molecule has 1 amide bonds. The maximum Gasteiger partial charge on any atom is 0.271 e. The lowest BCUT2D eigenvalue weighted by Gasteiger charge is -2.09. The summed E-state index contributed by atoms with van der Waals surface area (Å²) in [5, 5.41) is 7.82. The van der Waals surface area contributed by atoms with E-state index in [0.29, 0.717) is 5.56 Å². The van der Waals surface area contributed by atoms with Crippen LogP contribution in [0.25, 0.3) is 21.7 Å². The molecule has 4 nitrogen and oxygen atoms in total. The van der Waals surface area contributed by atoms with Crippen LogP contribution in [0.15, 0.2) is 102 Å². The fraction of sp³-hybridized carbons (Fsp3) is 0.0714. The molecular weight excluding hydrogens is 394 g/mol. The highest BCUT2D eigenvalue weighted by Crippen LogP contribution is 2.24. The standard InChI is InChI=1S/C28H23N3O/c1-20-8-6-11-22(16-20)28(32)30-29-17-24-19-31(27-15-5-4-14-26(24)27)18-23-12-7-10-21-9-2-3-13-25(21)23/h2-17,19H,18H2,1H3,(H,30,32)/b29-17-. The van der Waals surface area contributed by atoms with Gasteiger partial charge in [0.25, 0.3) is 5.91 Å². The van der Waals surface area contributed by atoms with Crippen LogP contribution >= 0.6 is 0 Å². The first-order chi connectivity index (χ1) is 15.7. The summed E-state index contributed by atoms with van der Waals surface area (Å²) in [6.07, 6.45) is 3.81. The van der Waals surface area contributed by atoms with Gasteiger partial charge in [-0.3, -0.25) is 4.79 Å². The van der Waals surface area contributed by atoms with Crippen molar-refractivity contribution >= 4 is 33.8 Å². The summed E-state index contributed by atoms with van der Waals surface area (Å²) >= 11 is 0. The molecule has 4 heteroatoms. The van der Waals surface area contributed by atoms with E-state index in [4.69, 9.17) is 0 Å². The summed E-state index contributed by atoms with van der Waals surface area (Å²) in [6, 6.07) is 30.6. The molecule has 0 bridgehead atoms. The topological polar surface area (TPSA) is 46.4 Å². The van der Waals surface area contributed by atoms with E-state index >= 15 is 0 Å². The number of aromatic nitrogens is 1.